The number of aryl methyl sites for hydroxylation is 1. The number of hydrogen-bond donors (Lipinski definition) is 3. The monoisotopic (exact) mass is 225 g/mol. The third-order valence-electron chi connectivity index (χ3n) is 2.19. The van der Waals surface area contributed by atoms with Gasteiger partial charge in [-0.1, -0.05) is 18.2 Å². The van der Waals surface area contributed by atoms with Crippen LogP contribution in [0.2, 0.25) is 0 Å². The third-order valence-corrected chi connectivity index (χ3v) is 2.19. The maximum absolute atomic E-state index is 9.56. The van der Waals surface area contributed by atoms with Crippen LogP contribution in [0.15, 0.2) is 24.3 Å². The first-order valence-corrected chi connectivity index (χ1v) is 5.42. The van der Waals surface area contributed by atoms with E-state index in [1.165, 1.54) is 0 Å². The summed E-state index contributed by atoms with van der Waals surface area (Å²) >= 11 is 0. The number of rotatable bonds is 7. The summed E-state index contributed by atoms with van der Waals surface area (Å²) in [6.45, 7) is 3.20. The number of nitrogens with one attached hydrogen (secondary N) is 1. The molecule has 0 radical (unpaired) electrons. The lowest BCUT2D eigenvalue weighted by atomic mass is 10.2. The van der Waals surface area contributed by atoms with E-state index in [0.29, 0.717) is 13.1 Å². The summed E-state index contributed by atoms with van der Waals surface area (Å²) in [5, 5.41) is 21.0. The van der Waals surface area contributed by atoms with Gasteiger partial charge in [-0.3, -0.25) is 0 Å². The molecule has 0 heterocycles. The molecule has 0 amide bonds. The Balaban J connectivity index is 2.26. The highest BCUT2D eigenvalue weighted by atomic mass is 16.5. The molecule has 0 fully saturated rings. The molecule has 0 aliphatic rings. The summed E-state index contributed by atoms with van der Waals surface area (Å²) in [5.74, 6) is 0.795. The average Bonchev–Trinajstić information content (AvgIpc) is 2.28. The summed E-state index contributed by atoms with van der Waals surface area (Å²) in [4.78, 5) is 0. The maximum atomic E-state index is 9.56. The van der Waals surface area contributed by atoms with Crippen LogP contribution in [0.4, 0.5) is 0 Å². The molecular formula is C12H19NO3. The van der Waals surface area contributed by atoms with Crippen molar-refractivity contribution in [2.45, 2.75) is 13.0 Å². The molecule has 1 atom stereocenters. The van der Waals surface area contributed by atoms with Gasteiger partial charge in [-0.05, 0) is 18.6 Å². The normalized spacial score (nSPS) is 12.4. The van der Waals surface area contributed by atoms with E-state index in [-0.39, 0.29) is 13.2 Å². The van der Waals surface area contributed by atoms with E-state index < -0.39 is 6.10 Å². The van der Waals surface area contributed by atoms with E-state index in [1.807, 2.05) is 31.2 Å². The van der Waals surface area contributed by atoms with Crippen LogP contribution < -0.4 is 10.1 Å². The van der Waals surface area contributed by atoms with E-state index in [9.17, 15) is 5.11 Å². The van der Waals surface area contributed by atoms with Gasteiger partial charge in [-0.2, -0.15) is 0 Å². The van der Waals surface area contributed by atoms with E-state index in [4.69, 9.17) is 9.84 Å². The first-order valence-electron chi connectivity index (χ1n) is 5.42. The van der Waals surface area contributed by atoms with Crippen molar-refractivity contribution >= 4 is 0 Å². The maximum Gasteiger partial charge on any atom is 0.122 e. The smallest absolute Gasteiger partial charge is 0.122 e. The largest absolute Gasteiger partial charge is 0.491 e. The number of benzene rings is 1. The van der Waals surface area contributed by atoms with Gasteiger partial charge in [0.1, 0.15) is 18.5 Å². The number of aliphatic hydroxyl groups is 2. The van der Waals surface area contributed by atoms with Crippen LogP contribution in [0.25, 0.3) is 0 Å². The van der Waals surface area contributed by atoms with Crippen LogP contribution in [-0.4, -0.2) is 42.6 Å². The van der Waals surface area contributed by atoms with Crippen LogP contribution >= 0.6 is 0 Å². The standard InChI is InChI=1S/C12H19NO3/c1-10-4-2-3-5-12(10)16-9-11(15)8-13-6-7-14/h2-5,11,13-15H,6-9H2,1H3/t11-/m1/s1. The molecular weight excluding hydrogens is 206 g/mol. The van der Waals surface area contributed by atoms with Crippen molar-refractivity contribution in [1.82, 2.24) is 5.32 Å². The molecule has 90 valence electrons. The number of para-hydroxylation sites is 1. The Morgan fingerprint density at radius 3 is 2.81 bits per heavy atom. The van der Waals surface area contributed by atoms with Crippen molar-refractivity contribution in [3.05, 3.63) is 29.8 Å². The molecule has 1 rings (SSSR count). The second-order valence-corrected chi connectivity index (χ2v) is 3.66. The molecule has 3 N–H and O–H groups in total. The highest BCUT2D eigenvalue weighted by molar-refractivity contribution is 5.31. The fourth-order valence-electron chi connectivity index (χ4n) is 1.31. The molecule has 0 saturated heterocycles. The fraction of sp³-hybridized carbons (Fsp3) is 0.500. The lowest BCUT2D eigenvalue weighted by Gasteiger charge is -2.14. The van der Waals surface area contributed by atoms with Crippen LogP contribution in [-0.2, 0) is 0 Å². The quantitative estimate of drug-likeness (QED) is 0.585. The van der Waals surface area contributed by atoms with E-state index in [0.717, 1.165) is 11.3 Å². The lowest BCUT2D eigenvalue weighted by Crippen LogP contribution is -2.32. The van der Waals surface area contributed by atoms with Gasteiger partial charge in [-0.15, -0.1) is 0 Å². The molecule has 0 unspecified atom stereocenters. The Hall–Kier alpha value is -1.10. The molecule has 16 heavy (non-hydrogen) atoms. The molecule has 0 aromatic heterocycles. The molecule has 0 aliphatic carbocycles. The van der Waals surface area contributed by atoms with Gasteiger partial charge in [0.2, 0.25) is 0 Å². The van der Waals surface area contributed by atoms with Crippen molar-refractivity contribution in [2.24, 2.45) is 0 Å². The van der Waals surface area contributed by atoms with Gasteiger partial charge in [-0.25, -0.2) is 0 Å². The minimum atomic E-state index is -0.564. The predicted molar refractivity (Wildman–Crippen MR) is 62.6 cm³/mol. The van der Waals surface area contributed by atoms with Crippen molar-refractivity contribution in [1.29, 1.82) is 0 Å². The average molecular weight is 225 g/mol. The highest BCUT2D eigenvalue weighted by Crippen LogP contribution is 2.15. The summed E-state index contributed by atoms with van der Waals surface area (Å²) in [7, 11) is 0. The van der Waals surface area contributed by atoms with Gasteiger partial charge in [0, 0.05) is 13.1 Å². The molecule has 0 bridgehead atoms. The van der Waals surface area contributed by atoms with Gasteiger partial charge in [0.15, 0.2) is 0 Å². The minimum Gasteiger partial charge on any atom is -0.491 e. The lowest BCUT2D eigenvalue weighted by molar-refractivity contribution is 0.105. The van der Waals surface area contributed by atoms with Gasteiger partial charge in [0.25, 0.3) is 0 Å². The van der Waals surface area contributed by atoms with Crippen molar-refractivity contribution in [2.75, 3.05) is 26.3 Å². The zero-order chi connectivity index (χ0) is 11.8. The van der Waals surface area contributed by atoms with Crippen LogP contribution in [0.3, 0.4) is 0 Å². The molecule has 4 heteroatoms. The van der Waals surface area contributed by atoms with Gasteiger partial charge < -0.3 is 20.3 Å². The summed E-state index contributed by atoms with van der Waals surface area (Å²) in [5.41, 5.74) is 1.05. The number of ether oxygens (including phenoxy) is 1. The Bertz CT molecular complexity index is 304. The first kappa shape index (κ1) is 13.0. The molecule has 4 nitrogen and oxygen atoms in total. The van der Waals surface area contributed by atoms with Crippen LogP contribution in [0, 0.1) is 6.92 Å². The van der Waals surface area contributed by atoms with Crippen molar-refractivity contribution < 1.29 is 14.9 Å². The molecule has 1 aromatic rings. The SMILES string of the molecule is Cc1ccccc1OC[C@H](O)CNCCO. The third kappa shape index (κ3) is 4.61. The summed E-state index contributed by atoms with van der Waals surface area (Å²) < 4.78 is 5.48. The Morgan fingerprint density at radius 1 is 1.38 bits per heavy atom. The van der Waals surface area contributed by atoms with E-state index in [2.05, 4.69) is 5.32 Å². The van der Waals surface area contributed by atoms with Gasteiger partial charge in [0.05, 0.1) is 6.61 Å². The Labute approximate surface area is 95.9 Å². The predicted octanol–water partition coefficient (Wildman–Crippen LogP) is 0.317. The Kier molecular flexibility index (Phi) is 5.85. The summed E-state index contributed by atoms with van der Waals surface area (Å²) in [6, 6.07) is 7.69. The van der Waals surface area contributed by atoms with Gasteiger partial charge >= 0.3 is 0 Å². The first-order chi connectivity index (χ1) is 7.74. The molecule has 0 spiro atoms. The van der Waals surface area contributed by atoms with E-state index in [1.54, 1.807) is 0 Å². The zero-order valence-electron chi connectivity index (χ0n) is 9.52. The van der Waals surface area contributed by atoms with Crippen molar-refractivity contribution in [3.63, 3.8) is 0 Å². The molecule has 0 aliphatic heterocycles. The number of hydrogen-bond acceptors (Lipinski definition) is 4. The minimum absolute atomic E-state index is 0.0748. The van der Waals surface area contributed by atoms with Crippen LogP contribution in [0.5, 0.6) is 5.75 Å². The van der Waals surface area contributed by atoms with Crippen molar-refractivity contribution in [3.8, 4) is 5.75 Å². The molecule has 1 aromatic carbocycles. The Morgan fingerprint density at radius 2 is 2.12 bits per heavy atom. The zero-order valence-corrected chi connectivity index (χ0v) is 9.52. The second-order valence-electron chi connectivity index (χ2n) is 3.66. The molecule has 0 saturated carbocycles. The van der Waals surface area contributed by atoms with Crippen LogP contribution in [0.1, 0.15) is 5.56 Å². The second kappa shape index (κ2) is 7.22. The topological polar surface area (TPSA) is 61.7 Å². The summed E-state index contributed by atoms with van der Waals surface area (Å²) in [6.07, 6.45) is -0.564. The number of aliphatic hydroxyl groups excluding tert-OH is 2. The van der Waals surface area contributed by atoms with E-state index >= 15 is 0 Å². The fourth-order valence-corrected chi connectivity index (χ4v) is 1.31. The highest BCUT2D eigenvalue weighted by Gasteiger charge is 2.05.